The fourth-order valence-corrected chi connectivity index (χ4v) is 1.74. The van der Waals surface area contributed by atoms with Crippen LogP contribution in [0.2, 0.25) is 0 Å². The summed E-state index contributed by atoms with van der Waals surface area (Å²) < 4.78 is 1.58. The number of benzene rings is 1. The van der Waals surface area contributed by atoms with E-state index in [2.05, 4.69) is 15.3 Å². The molecule has 1 aromatic carbocycles. The number of aromatic nitrogens is 4. The van der Waals surface area contributed by atoms with Gasteiger partial charge in [-0.2, -0.15) is 0 Å². The number of rotatable bonds is 2. The van der Waals surface area contributed by atoms with Crippen molar-refractivity contribution in [2.75, 3.05) is 0 Å². The topological polar surface area (TPSA) is 60.7 Å². The maximum Gasteiger partial charge on any atom is 0.171 e. The summed E-state index contributed by atoms with van der Waals surface area (Å²) in [5.74, 6) is 0. The number of fused-ring (bicyclic) bond motifs is 1. The van der Waals surface area contributed by atoms with Crippen LogP contribution in [-0.2, 0) is 0 Å². The molecular formula is C12H8N4O. The highest BCUT2D eigenvalue weighted by molar-refractivity contribution is 5.87. The molecule has 0 amide bonds. The van der Waals surface area contributed by atoms with Crippen LogP contribution in [0.15, 0.2) is 42.7 Å². The summed E-state index contributed by atoms with van der Waals surface area (Å²) in [6.07, 6.45) is 4.01. The Bertz CT molecular complexity index is 684. The molecule has 82 valence electrons. The van der Waals surface area contributed by atoms with Crippen molar-refractivity contribution in [1.82, 2.24) is 20.0 Å². The first-order valence-electron chi connectivity index (χ1n) is 5.10. The predicted molar refractivity (Wildman–Crippen MR) is 62.0 cm³/mol. The molecule has 0 bridgehead atoms. The molecule has 0 unspecified atom stereocenters. The summed E-state index contributed by atoms with van der Waals surface area (Å²) in [5.41, 5.74) is 2.05. The lowest BCUT2D eigenvalue weighted by atomic mass is 10.2. The Morgan fingerprint density at radius 2 is 2.12 bits per heavy atom. The Kier molecular flexibility index (Phi) is 2.15. The van der Waals surface area contributed by atoms with Crippen LogP contribution in [0.5, 0.6) is 0 Å². The second-order valence-corrected chi connectivity index (χ2v) is 3.55. The average Bonchev–Trinajstić information content (AvgIpc) is 2.87. The molecule has 0 aliphatic heterocycles. The third-order valence-corrected chi connectivity index (χ3v) is 2.50. The van der Waals surface area contributed by atoms with Crippen molar-refractivity contribution >= 4 is 17.2 Å². The Balaban J connectivity index is 2.26. The molecule has 3 rings (SSSR count). The minimum atomic E-state index is 0.311. The molecule has 17 heavy (non-hydrogen) atoms. The summed E-state index contributed by atoms with van der Waals surface area (Å²) in [6.45, 7) is 0. The van der Waals surface area contributed by atoms with Crippen LogP contribution < -0.4 is 0 Å². The van der Waals surface area contributed by atoms with Crippen LogP contribution in [0.1, 0.15) is 10.5 Å². The highest BCUT2D eigenvalue weighted by Crippen LogP contribution is 2.19. The molecular weight excluding hydrogens is 216 g/mol. The largest absolute Gasteiger partial charge is 0.296 e. The Hall–Kier alpha value is -2.56. The van der Waals surface area contributed by atoms with Crippen LogP contribution in [0, 0.1) is 0 Å². The number of carbonyl (C=O) groups excluding carboxylic acids is 1. The predicted octanol–water partition coefficient (Wildman–Crippen LogP) is 1.63. The van der Waals surface area contributed by atoms with Gasteiger partial charge >= 0.3 is 0 Å². The van der Waals surface area contributed by atoms with Gasteiger partial charge in [0.05, 0.1) is 17.4 Å². The number of aldehydes is 1. The molecule has 5 heteroatoms. The fourth-order valence-electron chi connectivity index (χ4n) is 1.74. The lowest BCUT2D eigenvalue weighted by Crippen LogP contribution is -1.96. The van der Waals surface area contributed by atoms with Gasteiger partial charge in [-0.1, -0.05) is 11.3 Å². The van der Waals surface area contributed by atoms with Gasteiger partial charge in [0.2, 0.25) is 0 Å². The summed E-state index contributed by atoms with van der Waals surface area (Å²) in [5, 5.41) is 8.63. The van der Waals surface area contributed by atoms with E-state index in [9.17, 15) is 4.79 Å². The minimum absolute atomic E-state index is 0.311. The molecule has 0 aliphatic carbocycles. The maximum absolute atomic E-state index is 10.6. The molecule has 2 aromatic heterocycles. The van der Waals surface area contributed by atoms with Crippen molar-refractivity contribution < 1.29 is 4.79 Å². The third-order valence-electron chi connectivity index (χ3n) is 2.50. The summed E-state index contributed by atoms with van der Waals surface area (Å²) in [4.78, 5) is 14.8. The summed E-state index contributed by atoms with van der Waals surface area (Å²) >= 11 is 0. The van der Waals surface area contributed by atoms with Crippen molar-refractivity contribution in [2.45, 2.75) is 0 Å². The van der Waals surface area contributed by atoms with Crippen molar-refractivity contribution in [1.29, 1.82) is 0 Å². The van der Waals surface area contributed by atoms with E-state index in [1.807, 2.05) is 30.3 Å². The van der Waals surface area contributed by atoms with Crippen molar-refractivity contribution in [2.24, 2.45) is 0 Å². The smallest absolute Gasteiger partial charge is 0.171 e. The molecule has 2 heterocycles. The summed E-state index contributed by atoms with van der Waals surface area (Å²) in [7, 11) is 0. The molecule has 0 aliphatic rings. The van der Waals surface area contributed by atoms with Crippen LogP contribution in [0.25, 0.3) is 16.6 Å². The fraction of sp³-hybridized carbons (Fsp3) is 0. The third kappa shape index (κ3) is 1.57. The molecule has 0 spiro atoms. The first-order chi connectivity index (χ1) is 8.38. The van der Waals surface area contributed by atoms with Crippen LogP contribution in [0.3, 0.4) is 0 Å². The van der Waals surface area contributed by atoms with Gasteiger partial charge in [-0.15, -0.1) is 5.10 Å². The van der Waals surface area contributed by atoms with E-state index < -0.39 is 0 Å². The van der Waals surface area contributed by atoms with Crippen LogP contribution >= 0.6 is 0 Å². The quantitative estimate of drug-likeness (QED) is 0.621. The Morgan fingerprint density at radius 1 is 1.18 bits per heavy atom. The lowest BCUT2D eigenvalue weighted by Gasteiger charge is -2.04. The van der Waals surface area contributed by atoms with Crippen molar-refractivity contribution in [3.05, 3.63) is 48.4 Å². The van der Waals surface area contributed by atoms with Gasteiger partial charge in [0, 0.05) is 11.6 Å². The van der Waals surface area contributed by atoms with Gasteiger partial charge in [0.15, 0.2) is 6.29 Å². The molecule has 0 atom stereocenters. The zero-order valence-corrected chi connectivity index (χ0v) is 8.82. The minimum Gasteiger partial charge on any atom is -0.296 e. The van der Waals surface area contributed by atoms with Crippen LogP contribution in [0.4, 0.5) is 0 Å². The van der Waals surface area contributed by atoms with E-state index >= 15 is 0 Å². The van der Waals surface area contributed by atoms with Gasteiger partial charge in [-0.3, -0.25) is 9.78 Å². The molecule has 0 N–H and O–H groups in total. The van der Waals surface area contributed by atoms with E-state index in [4.69, 9.17) is 0 Å². The number of carbonyl (C=O) groups is 1. The van der Waals surface area contributed by atoms with E-state index in [-0.39, 0.29) is 0 Å². The standard InChI is InChI=1S/C12H8N4O/c17-8-9-7-16(15-14-9)12-5-1-4-11-10(12)3-2-6-13-11/h1-8H. The van der Waals surface area contributed by atoms with Gasteiger partial charge in [-0.25, -0.2) is 4.68 Å². The number of hydrogen-bond donors (Lipinski definition) is 0. The van der Waals surface area contributed by atoms with E-state index in [0.29, 0.717) is 12.0 Å². The first-order valence-corrected chi connectivity index (χ1v) is 5.10. The Morgan fingerprint density at radius 3 is 2.94 bits per heavy atom. The van der Waals surface area contributed by atoms with Gasteiger partial charge < -0.3 is 0 Å². The zero-order valence-electron chi connectivity index (χ0n) is 8.82. The van der Waals surface area contributed by atoms with E-state index in [1.54, 1.807) is 17.1 Å². The maximum atomic E-state index is 10.6. The highest BCUT2D eigenvalue weighted by Gasteiger charge is 2.05. The highest BCUT2D eigenvalue weighted by atomic mass is 16.1. The number of pyridine rings is 1. The zero-order chi connectivity index (χ0) is 11.7. The van der Waals surface area contributed by atoms with Gasteiger partial charge in [0.1, 0.15) is 5.69 Å². The summed E-state index contributed by atoms with van der Waals surface area (Å²) in [6, 6.07) is 9.56. The molecule has 0 saturated heterocycles. The SMILES string of the molecule is O=Cc1cn(-c2cccc3ncccc23)nn1. The molecule has 0 saturated carbocycles. The van der Waals surface area contributed by atoms with E-state index in [1.165, 1.54) is 0 Å². The monoisotopic (exact) mass is 224 g/mol. The van der Waals surface area contributed by atoms with Gasteiger partial charge in [-0.05, 0) is 24.3 Å². The lowest BCUT2D eigenvalue weighted by molar-refractivity contribution is 0.111. The van der Waals surface area contributed by atoms with Gasteiger partial charge in [0.25, 0.3) is 0 Å². The first kappa shape index (κ1) is 9.65. The molecule has 5 nitrogen and oxygen atoms in total. The molecule has 0 radical (unpaired) electrons. The van der Waals surface area contributed by atoms with E-state index in [0.717, 1.165) is 16.6 Å². The average molecular weight is 224 g/mol. The number of nitrogens with zero attached hydrogens (tertiary/aromatic N) is 4. The molecule has 0 fully saturated rings. The van der Waals surface area contributed by atoms with Crippen LogP contribution in [-0.4, -0.2) is 26.3 Å². The molecule has 3 aromatic rings. The normalized spacial score (nSPS) is 10.6. The Labute approximate surface area is 96.7 Å². The van der Waals surface area contributed by atoms with Crippen molar-refractivity contribution in [3.63, 3.8) is 0 Å². The second-order valence-electron chi connectivity index (χ2n) is 3.55. The second kappa shape index (κ2) is 3.79. The van der Waals surface area contributed by atoms with Crippen molar-refractivity contribution in [3.8, 4) is 5.69 Å². The number of hydrogen-bond acceptors (Lipinski definition) is 4.